The van der Waals surface area contributed by atoms with Crippen molar-refractivity contribution in [1.29, 1.82) is 0 Å². The number of methoxy groups -OCH3 is 1. The summed E-state index contributed by atoms with van der Waals surface area (Å²) in [5.41, 5.74) is 0.0791. The first-order valence-electron chi connectivity index (χ1n) is 8.24. The van der Waals surface area contributed by atoms with Gasteiger partial charge in [-0.2, -0.15) is 13.2 Å². The molecule has 2 aromatic rings. The van der Waals surface area contributed by atoms with Crippen LogP contribution in [0.2, 0.25) is 5.02 Å². The average molecular weight is 451 g/mol. The molecule has 0 aliphatic carbocycles. The molecule has 0 saturated carbocycles. The summed E-state index contributed by atoms with van der Waals surface area (Å²) in [7, 11) is -2.88. The Morgan fingerprint density at radius 1 is 1.14 bits per heavy atom. The number of carbonyl (C=O) groups excluding carboxylic acids is 1. The number of hydrogen-bond donors (Lipinski definition) is 1. The second-order valence-corrected chi connectivity index (χ2v) is 8.21. The van der Waals surface area contributed by atoms with Crippen molar-refractivity contribution in [2.75, 3.05) is 18.0 Å². The molecular formula is C18H18ClF3N2O4S. The molecule has 0 fully saturated rings. The highest BCUT2D eigenvalue weighted by Crippen LogP contribution is 2.29. The smallest absolute Gasteiger partial charge is 0.405 e. The van der Waals surface area contributed by atoms with Crippen molar-refractivity contribution in [2.45, 2.75) is 24.0 Å². The van der Waals surface area contributed by atoms with E-state index in [0.717, 1.165) is 4.31 Å². The molecule has 0 unspecified atom stereocenters. The number of nitrogens with one attached hydrogen (secondary N) is 1. The largest absolute Gasteiger partial charge is 0.497 e. The molecular weight excluding hydrogens is 433 g/mol. The van der Waals surface area contributed by atoms with Crippen LogP contribution in [0, 0.1) is 0 Å². The number of benzene rings is 2. The Bertz CT molecular complexity index is 949. The minimum absolute atomic E-state index is 0.0791. The summed E-state index contributed by atoms with van der Waals surface area (Å²) in [6, 6.07) is 9.46. The maximum atomic E-state index is 13.2. The van der Waals surface area contributed by atoms with Crippen molar-refractivity contribution in [2.24, 2.45) is 0 Å². The van der Waals surface area contributed by atoms with Gasteiger partial charge in [0, 0.05) is 5.02 Å². The zero-order valence-corrected chi connectivity index (χ0v) is 17.0. The quantitative estimate of drug-likeness (QED) is 0.699. The van der Waals surface area contributed by atoms with Crippen molar-refractivity contribution in [3.8, 4) is 5.75 Å². The third-order valence-corrected chi connectivity index (χ3v) is 6.06. The second kappa shape index (κ2) is 8.91. The summed E-state index contributed by atoms with van der Waals surface area (Å²) in [6.45, 7) is -0.378. The molecule has 0 heterocycles. The average Bonchev–Trinajstić information content (AvgIpc) is 2.66. The van der Waals surface area contributed by atoms with Crippen LogP contribution in [0.15, 0.2) is 53.4 Å². The van der Waals surface area contributed by atoms with E-state index in [1.165, 1.54) is 62.6 Å². The van der Waals surface area contributed by atoms with E-state index in [9.17, 15) is 26.4 Å². The highest BCUT2D eigenvalue weighted by Gasteiger charge is 2.35. The molecule has 6 nitrogen and oxygen atoms in total. The molecule has 0 spiro atoms. The Hall–Kier alpha value is -2.46. The van der Waals surface area contributed by atoms with Crippen molar-refractivity contribution in [3.05, 3.63) is 53.6 Å². The zero-order valence-electron chi connectivity index (χ0n) is 15.4. The molecule has 0 radical (unpaired) electrons. The monoisotopic (exact) mass is 450 g/mol. The van der Waals surface area contributed by atoms with Crippen LogP contribution in [0.4, 0.5) is 18.9 Å². The maximum absolute atomic E-state index is 13.2. The van der Waals surface area contributed by atoms with Crippen molar-refractivity contribution in [1.82, 2.24) is 5.32 Å². The van der Waals surface area contributed by atoms with Crippen LogP contribution in [0.5, 0.6) is 5.75 Å². The molecule has 2 aromatic carbocycles. The van der Waals surface area contributed by atoms with Crippen LogP contribution in [0.3, 0.4) is 0 Å². The first kappa shape index (κ1) is 22.8. The van der Waals surface area contributed by atoms with Gasteiger partial charge < -0.3 is 10.1 Å². The lowest BCUT2D eigenvalue weighted by Crippen LogP contribution is -2.49. The molecule has 1 amide bonds. The zero-order chi connectivity index (χ0) is 21.8. The number of ether oxygens (including phenoxy) is 1. The number of nitrogens with zero attached hydrogens (tertiary/aromatic N) is 1. The summed E-state index contributed by atoms with van der Waals surface area (Å²) >= 11 is 5.80. The number of carbonyl (C=O) groups is 1. The summed E-state index contributed by atoms with van der Waals surface area (Å²) in [5.74, 6) is -0.664. The Labute approximate surface area is 171 Å². The fraction of sp³-hybridized carbons (Fsp3) is 0.278. The predicted octanol–water partition coefficient (Wildman–Crippen LogP) is 3.61. The Balaban J connectivity index is 2.47. The van der Waals surface area contributed by atoms with Gasteiger partial charge in [-0.15, -0.1) is 0 Å². The van der Waals surface area contributed by atoms with E-state index in [1.54, 1.807) is 5.32 Å². The van der Waals surface area contributed by atoms with Gasteiger partial charge >= 0.3 is 6.18 Å². The van der Waals surface area contributed by atoms with E-state index >= 15 is 0 Å². The van der Waals surface area contributed by atoms with E-state index in [-0.39, 0.29) is 10.6 Å². The molecule has 158 valence electrons. The topological polar surface area (TPSA) is 75.7 Å². The maximum Gasteiger partial charge on any atom is 0.405 e. The number of anilines is 1. The van der Waals surface area contributed by atoms with Crippen LogP contribution in [0.1, 0.15) is 6.92 Å². The molecule has 1 N–H and O–H groups in total. The summed E-state index contributed by atoms with van der Waals surface area (Å²) < 4.78 is 69.5. The third kappa shape index (κ3) is 5.77. The van der Waals surface area contributed by atoms with E-state index < -0.39 is 34.7 Å². The van der Waals surface area contributed by atoms with Gasteiger partial charge in [0.15, 0.2) is 0 Å². The molecule has 0 aliphatic heterocycles. The van der Waals surface area contributed by atoms with Crippen molar-refractivity contribution >= 4 is 33.2 Å². The van der Waals surface area contributed by atoms with E-state index in [2.05, 4.69) is 0 Å². The fourth-order valence-corrected chi connectivity index (χ4v) is 4.21. The SMILES string of the molecule is COc1ccc(N([C@@H](C)C(=O)NCC(F)(F)F)S(=O)(=O)c2ccc(Cl)cc2)cc1. The lowest BCUT2D eigenvalue weighted by molar-refractivity contribution is -0.138. The van der Waals surface area contributed by atoms with E-state index in [0.29, 0.717) is 10.8 Å². The lowest BCUT2D eigenvalue weighted by atomic mass is 10.2. The molecule has 0 bridgehead atoms. The predicted molar refractivity (Wildman–Crippen MR) is 103 cm³/mol. The number of sulfonamides is 1. The van der Waals surface area contributed by atoms with Gasteiger partial charge in [-0.25, -0.2) is 8.42 Å². The van der Waals surface area contributed by atoms with Gasteiger partial charge in [0.2, 0.25) is 5.91 Å². The van der Waals surface area contributed by atoms with Gasteiger partial charge in [-0.05, 0) is 55.5 Å². The van der Waals surface area contributed by atoms with Crippen molar-refractivity contribution < 1.29 is 31.1 Å². The number of amides is 1. The molecule has 2 rings (SSSR count). The van der Waals surface area contributed by atoms with Crippen molar-refractivity contribution in [3.63, 3.8) is 0 Å². The Morgan fingerprint density at radius 2 is 1.69 bits per heavy atom. The van der Waals surface area contributed by atoms with Crippen LogP contribution in [0.25, 0.3) is 0 Å². The first-order chi connectivity index (χ1) is 13.5. The summed E-state index contributed by atoms with van der Waals surface area (Å²) in [4.78, 5) is 12.1. The van der Waals surface area contributed by atoms with Gasteiger partial charge in [-0.1, -0.05) is 11.6 Å². The number of rotatable bonds is 7. The van der Waals surface area contributed by atoms with Crippen LogP contribution in [-0.2, 0) is 14.8 Å². The molecule has 0 aliphatic rings. The van der Waals surface area contributed by atoms with Gasteiger partial charge in [0.05, 0.1) is 17.7 Å². The third-order valence-electron chi connectivity index (χ3n) is 3.89. The normalized spacial score (nSPS) is 12.9. The molecule has 29 heavy (non-hydrogen) atoms. The Kier molecular flexibility index (Phi) is 7.02. The highest BCUT2D eigenvalue weighted by molar-refractivity contribution is 7.93. The number of halogens is 4. The Morgan fingerprint density at radius 3 is 2.17 bits per heavy atom. The molecule has 0 aromatic heterocycles. The number of hydrogen-bond acceptors (Lipinski definition) is 4. The molecule has 1 atom stereocenters. The van der Waals surface area contributed by atoms with Gasteiger partial charge in [0.25, 0.3) is 10.0 Å². The summed E-state index contributed by atoms with van der Waals surface area (Å²) in [6.07, 6.45) is -4.63. The molecule has 11 heteroatoms. The van der Waals surface area contributed by atoms with E-state index in [4.69, 9.17) is 16.3 Å². The minimum Gasteiger partial charge on any atom is -0.497 e. The first-order valence-corrected chi connectivity index (χ1v) is 10.1. The van der Waals surface area contributed by atoms with Crippen LogP contribution < -0.4 is 14.4 Å². The lowest BCUT2D eigenvalue weighted by Gasteiger charge is -2.30. The van der Waals surface area contributed by atoms with Crippen LogP contribution >= 0.6 is 11.6 Å². The van der Waals surface area contributed by atoms with Gasteiger partial charge in [-0.3, -0.25) is 9.10 Å². The summed E-state index contributed by atoms with van der Waals surface area (Å²) in [5, 5.41) is 2.01. The number of alkyl halides is 3. The molecule has 0 saturated heterocycles. The fourth-order valence-electron chi connectivity index (χ4n) is 2.46. The van der Waals surface area contributed by atoms with Gasteiger partial charge in [0.1, 0.15) is 18.3 Å². The minimum atomic E-state index is -4.63. The standard InChI is InChI=1S/C18H18ClF3N2O4S/c1-12(17(25)23-11-18(20,21)22)24(14-5-7-15(28-2)8-6-14)29(26,27)16-9-3-13(19)4-10-16/h3-10,12H,11H2,1-2H3,(H,23,25)/t12-/m0/s1. The highest BCUT2D eigenvalue weighted by atomic mass is 35.5. The van der Waals surface area contributed by atoms with E-state index in [1.807, 2.05) is 0 Å². The second-order valence-electron chi connectivity index (χ2n) is 5.96. The van der Waals surface area contributed by atoms with Crippen LogP contribution in [-0.4, -0.2) is 40.2 Å².